The fourth-order valence-corrected chi connectivity index (χ4v) is 4.20. The molecule has 1 spiro atoms. The van der Waals surface area contributed by atoms with Crippen LogP contribution in [0.3, 0.4) is 0 Å². The predicted molar refractivity (Wildman–Crippen MR) is 84.9 cm³/mol. The Bertz CT molecular complexity index is 647. The highest BCUT2D eigenvalue weighted by Gasteiger charge is 2.53. The van der Waals surface area contributed by atoms with Crippen LogP contribution < -0.4 is 5.32 Å². The second-order valence-electron chi connectivity index (χ2n) is 7.24. The van der Waals surface area contributed by atoms with Crippen molar-refractivity contribution in [2.24, 2.45) is 5.92 Å². The smallest absolute Gasteiger partial charge is 0.407 e. The first kappa shape index (κ1) is 15.4. The van der Waals surface area contributed by atoms with E-state index >= 15 is 0 Å². The van der Waals surface area contributed by atoms with Crippen LogP contribution in [0.15, 0.2) is 24.3 Å². The van der Waals surface area contributed by atoms with E-state index in [-0.39, 0.29) is 29.3 Å². The van der Waals surface area contributed by atoms with Gasteiger partial charge in [-0.15, -0.1) is 0 Å². The molecule has 0 radical (unpaired) electrons. The molecule has 6 heteroatoms. The van der Waals surface area contributed by atoms with Crippen LogP contribution in [0.2, 0.25) is 0 Å². The van der Waals surface area contributed by atoms with Crippen molar-refractivity contribution >= 4 is 12.0 Å². The number of alkyl carbamates (subject to hydrolysis) is 1. The average Bonchev–Trinajstić information content (AvgIpc) is 2.96. The number of benzene rings is 1. The van der Waals surface area contributed by atoms with Gasteiger partial charge in [0.2, 0.25) is 5.91 Å². The number of rotatable bonds is 2. The van der Waals surface area contributed by atoms with Gasteiger partial charge in [-0.2, -0.15) is 0 Å². The minimum Gasteiger partial charge on any atom is -0.447 e. The lowest BCUT2D eigenvalue weighted by atomic mass is 9.68. The molecular weight excluding hydrogens is 311 g/mol. The van der Waals surface area contributed by atoms with Gasteiger partial charge in [-0.05, 0) is 49.3 Å². The summed E-state index contributed by atoms with van der Waals surface area (Å²) >= 11 is 0. The first-order valence-electron chi connectivity index (χ1n) is 8.54. The van der Waals surface area contributed by atoms with Crippen LogP contribution in [-0.4, -0.2) is 42.1 Å². The molecule has 24 heavy (non-hydrogen) atoms. The fourth-order valence-electron chi connectivity index (χ4n) is 4.20. The minimum absolute atomic E-state index is 0.00521. The van der Waals surface area contributed by atoms with E-state index in [4.69, 9.17) is 4.74 Å². The molecule has 1 N–H and O–H groups in total. The zero-order chi connectivity index (χ0) is 16.7. The van der Waals surface area contributed by atoms with Gasteiger partial charge in [-0.1, -0.05) is 12.1 Å². The van der Waals surface area contributed by atoms with Gasteiger partial charge in [-0.25, -0.2) is 9.18 Å². The van der Waals surface area contributed by atoms with Crippen molar-refractivity contribution < 1.29 is 18.7 Å². The third-order valence-electron chi connectivity index (χ3n) is 5.62. The van der Waals surface area contributed by atoms with Gasteiger partial charge in [0.25, 0.3) is 0 Å². The summed E-state index contributed by atoms with van der Waals surface area (Å²) in [7, 11) is 0. The number of amides is 2. The van der Waals surface area contributed by atoms with Crippen molar-refractivity contribution in [3.05, 3.63) is 35.6 Å². The summed E-state index contributed by atoms with van der Waals surface area (Å²) < 4.78 is 18.0. The Morgan fingerprint density at radius 1 is 1.21 bits per heavy atom. The number of cyclic esters (lactones) is 1. The summed E-state index contributed by atoms with van der Waals surface area (Å²) in [5.41, 5.74) is 0.848. The molecular formula is C18H21FN2O3. The van der Waals surface area contributed by atoms with E-state index in [1.54, 1.807) is 0 Å². The molecule has 1 saturated carbocycles. The molecule has 3 fully saturated rings. The Hall–Kier alpha value is -2.11. The van der Waals surface area contributed by atoms with E-state index in [1.165, 1.54) is 12.1 Å². The zero-order valence-electron chi connectivity index (χ0n) is 13.5. The van der Waals surface area contributed by atoms with E-state index in [1.807, 2.05) is 17.0 Å². The Labute approximate surface area is 140 Å². The molecule has 2 aliphatic heterocycles. The summed E-state index contributed by atoms with van der Waals surface area (Å²) in [6.07, 6.45) is 2.80. The molecule has 2 saturated heterocycles. The van der Waals surface area contributed by atoms with Crippen molar-refractivity contribution in [2.75, 3.05) is 19.7 Å². The van der Waals surface area contributed by atoms with E-state index in [0.29, 0.717) is 25.4 Å². The Balaban J connectivity index is 1.29. The summed E-state index contributed by atoms with van der Waals surface area (Å²) in [5, 5.41) is 2.83. The van der Waals surface area contributed by atoms with Crippen molar-refractivity contribution in [2.45, 2.75) is 37.1 Å². The quantitative estimate of drug-likeness (QED) is 0.905. The second-order valence-corrected chi connectivity index (χ2v) is 7.24. The number of likely N-dealkylation sites (tertiary alicyclic amines) is 1. The maximum atomic E-state index is 13.0. The minimum atomic E-state index is -0.374. The van der Waals surface area contributed by atoms with Crippen LogP contribution in [0.25, 0.3) is 0 Å². The molecule has 2 amide bonds. The Morgan fingerprint density at radius 2 is 1.88 bits per heavy atom. The number of carbonyl (C=O) groups excluding carboxylic acids is 2. The number of ether oxygens (including phenoxy) is 1. The standard InChI is InChI=1S/C18H21FN2O3/c19-15-3-1-12(2-4-15)13-5-7-21(8-6-13)16(22)14-9-18(10-14)11-24-17(23)20-18/h1-4,13-14H,5-11H2,(H,20,23)/t14-,18+. The number of hydrogen-bond donors (Lipinski definition) is 1. The van der Waals surface area contributed by atoms with Crippen molar-refractivity contribution in [1.29, 1.82) is 0 Å². The molecule has 0 aromatic heterocycles. The topological polar surface area (TPSA) is 58.6 Å². The van der Waals surface area contributed by atoms with E-state index in [2.05, 4.69) is 5.32 Å². The monoisotopic (exact) mass is 332 g/mol. The largest absolute Gasteiger partial charge is 0.447 e. The van der Waals surface area contributed by atoms with Crippen LogP contribution in [-0.2, 0) is 9.53 Å². The lowest BCUT2D eigenvalue weighted by Gasteiger charge is -2.45. The number of carbonyl (C=O) groups is 2. The van der Waals surface area contributed by atoms with Gasteiger partial charge in [-0.3, -0.25) is 4.79 Å². The number of halogens is 1. The highest BCUT2D eigenvalue weighted by Crippen LogP contribution is 2.42. The lowest BCUT2D eigenvalue weighted by molar-refractivity contribution is -0.142. The molecule has 0 atom stereocenters. The number of nitrogens with zero attached hydrogens (tertiary/aromatic N) is 1. The van der Waals surface area contributed by atoms with Crippen LogP contribution in [0.4, 0.5) is 9.18 Å². The van der Waals surface area contributed by atoms with E-state index in [0.717, 1.165) is 31.5 Å². The molecule has 4 rings (SSSR count). The molecule has 2 heterocycles. The molecule has 5 nitrogen and oxygen atoms in total. The molecule has 0 bridgehead atoms. The molecule has 1 aliphatic carbocycles. The van der Waals surface area contributed by atoms with Gasteiger partial charge in [0.05, 0.1) is 5.54 Å². The number of nitrogens with one attached hydrogen (secondary N) is 1. The van der Waals surface area contributed by atoms with Gasteiger partial charge in [0.1, 0.15) is 12.4 Å². The zero-order valence-corrected chi connectivity index (χ0v) is 13.5. The van der Waals surface area contributed by atoms with Gasteiger partial charge in [0.15, 0.2) is 0 Å². The Morgan fingerprint density at radius 3 is 2.46 bits per heavy atom. The maximum absolute atomic E-state index is 13.0. The summed E-state index contributed by atoms with van der Waals surface area (Å²) in [6, 6.07) is 6.68. The normalized spacial score (nSPS) is 30.0. The first-order valence-corrected chi connectivity index (χ1v) is 8.54. The third-order valence-corrected chi connectivity index (χ3v) is 5.62. The summed E-state index contributed by atoms with van der Waals surface area (Å²) in [6.45, 7) is 1.86. The van der Waals surface area contributed by atoms with Crippen molar-refractivity contribution in [3.63, 3.8) is 0 Å². The molecule has 3 aliphatic rings. The van der Waals surface area contributed by atoms with Crippen LogP contribution in [0.1, 0.15) is 37.2 Å². The highest BCUT2D eigenvalue weighted by atomic mass is 19.1. The van der Waals surface area contributed by atoms with Crippen molar-refractivity contribution in [1.82, 2.24) is 10.2 Å². The van der Waals surface area contributed by atoms with Gasteiger partial charge >= 0.3 is 6.09 Å². The van der Waals surface area contributed by atoms with E-state index < -0.39 is 0 Å². The number of hydrogen-bond acceptors (Lipinski definition) is 3. The summed E-state index contributed by atoms with van der Waals surface area (Å²) in [5.74, 6) is 0.367. The third kappa shape index (κ3) is 2.74. The highest BCUT2D eigenvalue weighted by molar-refractivity contribution is 5.81. The fraction of sp³-hybridized carbons (Fsp3) is 0.556. The molecule has 1 aromatic carbocycles. The van der Waals surface area contributed by atoms with Crippen LogP contribution in [0.5, 0.6) is 0 Å². The number of piperidine rings is 1. The lowest BCUT2D eigenvalue weighted by Crippen LogP contribution is -2.58. The summed E-state index contributed by atoms with van der Waals surface area (Å²) in [4.78, 5) is 25.7. The van der Waals surface area contributed by atoms with E-state index in [9.17, 15) is 14.0 Å². The maximum Gasteiger partial charge on any atom is 0.407 e. The van der Waals surface area contributed by atoms with Gasteiger partial charge in [0, 0.05) is 19.0 Å². The molecule has 0 unspecified atom stereocenters. The second kappa shape index (κ2) is 5.76. The molecule has 128 valence electrons. The van der Waals surface area contributed by atoms with Gasteiger partial charge < -0.3 is 15.0 Å². The predicted octanol–water partition coefficient (Wildman–Crippen LogP) is 2.42. The SMILES string of the molecule is O=C1N[C@]2(CO1)C[C@H](C(=O)N1CCC(c3ccc(F)cc3)CC1)C2. The Kier molecular flexibility index (Phi) is 3.70. The van der Waals surface area contributed by atoms with Crippen molar-refractivity contribution in [3.8, 4) is 0 Å². The van der Waals surface area contributed by atoms with Crippen LogP contribution in [0, 0.1) is 11.7 Å². The first-order chi connectivity index (χ1) is 11.5. The molecule has 1 aromatic rings. The average molecular weight is 332 g/mol. The van der Waals surface area contributed by atoms with Crippen LogP contribution >= 0.6 is 0 Å².